The van der Waals surface area contributed by atoms with Gasteiger partial charge in [0, 0.05) is 37.9 Å². The normalized spacial score (nSPS) is 22.2. The van der Waals surface area contributed by atoms with Gasteiger partial charge < -0.3 is 14.5 Å². The molecule has 1 amide bonds. The molecule has 0 unspecified atom stereocenters. The van der Waals surface area contributed by atoms with E-state index in [9.17, 15) is 18.3 Å². The predicted octanol–water partition coefficient (Wildman–Crippen LogP) is -0.586. The highest BCUT2D eigenvalue weighted by molar-refractivity contribution is 7.89. The third-order valence-corrected chi connectivity index (χ3v) is 4.58. The fourth-order valence-corrected chi connectivity index (χ4v) is 3.16. The van der Waals surface area contributed by atoms with Crippen molar-refractivity contribution in [1.29, 1.82) is 0 Å². The van der Waals surface area contributed by atoms with E-state index in [1.54, 1.807) is 4.90 Å². The minimum absolute atomic E-state index is 0.102. The van der Waals surface area contributed by atoms with Crippen molar-refractivity contribution in [3.63, 3.8) is 0 Å². The Labute approximate surface area is 129 Å². The summed E-state index contributed by atoms with van der Waals surface area (Å²) in [7, 11) is -3.54. The minimum Gasteiger partial charge on any atom is -0.391 e. The summed E-state index contributed by atoms with van der Waals surface area (Å²) < 4.78 is 26.8. The van der Waals surface area contributed by atoms with Gasteiger partial charge in [0.15, 0.2) is 0 Å². The first-order chi connectivity index (χ1) is 10.2. The maximum absolute atomic E-state index is 12.0. The summed E-state index contributed by atoms with van der Waals surface area (Å²) in [6.45, 7) is 2.50. The Balaban J connectivity index is 1.83. The summed E-state index contributed by atoms with van der Waals surface area (Å²) in [4.78, 5) is 13.6. The van der Waals surface area contributed by atoms with Crippen LogP contribution in [0.25, 0.3) is 0 Å². The summed E-state index contributed by atoms with van der Waals surface area (Å²) >= 11 is 0. The Hall–Kier alpha value is -1.45. The van der Waals surface area contributed by atoms with Gasteiger partial charge in [-0.1, -0.05) is 5.16 Å². The van der Waals surface area contributed by atoms with Gasteiger partial charge in [-0.2, -0.15) is 0 Å². The third-order valence-electron chi connectivity index (χ3n) is 3.72. The molecule has 2 atom stereocenters. The lowest BCUT2D eigenvalue weighted by atomic mass is 10.0. The number of aromatic nitrogens is 1. The van der Waals surface area contributed by atoms with E-state index in [0.29, 0.717) is 18.7 Å². The summed E-state index contributed by atoms with van der Waals surface area (Å²) in [6.07, 6.45) is 0.198. The molecule has 8 nitrogen and oxygen atoms in total. The van der Waals surface area contributed by atoms with E-state index in [1.807, 2.05) is 13.0 Å². The van der Waals surface area contributed by atoms with E-state index in [-0.39, 0.29) is 37.0 Å². The Bertz CT molecular complexity index is 627. The van der Waals surface area contributed by atoms with Crippen LogP contribution in [-0.4, -0.2) is 54.4 Å². The number of sulfonamides is 1. The van der Waals surface area contributed by atoms with Crippen LogP contribution in [0.5, 0.6) is 0 Å². The van der Waals surface area contributed by atoms with Gasteiger partial charge >= 0.3 is 0 Å². The lowest BCUT2D eigenvalue weighted by Crippen LogP contribution is -2.30. The van der Waals surface area contributed by atoms with E-state index in [1.165, 1.54) is 0 Å². The van der Waals surface area contributed by atoms with Crippen molar-refractivity contribution in [3.8, 4) is 0 Å². The quantitative estimate of drug-likeness (QED) is 0.717. The monoisotopic (exact) mass is 331 g/mol. The van der Waals surface area contributed by atoms with Crippen molar-refractivity contribution in [2.45, 2.75) is 32.3 Å². The largest absolute Gasteiger partial charge is 0.391 e. The number of β-amino-alcohol motifs (C(OH)–C–C–N with tert-alkyl or cyclic N) is 1. The molecule has 0 aliphatic carbocycles. The first-order valence-corrected chi connectivity index (χ1v) is 8.84. The van der Waals surface area contributed by atoms with Gasteiger partial charge in [-0.3, -0.25) is 4.79 Å². The van der Waals surface area contributed by atoms with Crippen LogP contribution in [0.2, 0.25) is 0 Å². The number of nitrogens with two attached hydrogens (primary N) is 1. The molecule has 0 spiro atoms. The van der Waals surface area contributed by atoms with Gasteiger partial charge in [0.2, 0.25) is 15.9 Å². The van der Waals surface area contributed by atoms with Crippen LogP contribution in [-0.2, 0) is 21.2 Å². The lowest BCUT2D eigenvalue weighted by molar-refractivity contribution is -0.130. The van der Waals surface area contributed by atoms with Crippen LogP contribution in [0.15, 0.2) is 10.6 Å². The second-order valence-corrected chi connectivity index (χ2v) is 7.47. The van der Waals surface area contributed by atoms with Crippen molar-refractivity contribution < 1.29 is 22.8 Å². The Morgan fingerprint density at radius 2 is 2.27 bits per heavy atom. The number of amides is 1. The zero-order chi connectivity index (χ0) is 16.3. The van der Waals surface area contributed by atoms with Crippen molar-refractivity contribution in [2.24, 2.45) is 11.1 Å². The number of likely N-dealkylation sites (tertiary alicyclic amines) is 1. The molecular formula is C13H21N3O5S. The number of primary sulfonamides is 1. The zero-order valence-electron chi connectivity index (χ0n) is 12.4. The lowest BCUT2D eigenvalue weighted by Gasteiger charge is -2.15. The second-order valence-electron chi connectivity index (χ2n) is 5.74. The number of carbonyl (C=O) groups excluding carboxylic acids is 1. The highest BCUT2D eigenvalue weighted by Crippen LogP contribution is 2.22. The highest BCUT2D eigenvalue weighted by atomic mass is 32.2. The molecule has 2 rings (SSSR count). The fraction of sp³-hybridized carbons (Fsp3) is 0.692. The highest BCUT2D eigenvalue weighted by Gasteiger charge is 2.34. The van der Waals surface area contributed by atoms with Crippen molar-refractivity contribution >= 4 is 15.9 Å². The third kappa shape index (κ3) is 4.79. The Morgan fingerprint density at radius 1 is 1.55 bits per heavy atom. The first kappa shape index (κ1) is 16.9. The van der Waals surface area contributed by atoms with Crippen molar-refractivity contribution in [1.82, 2.24) is 10.1 Å². The van der Waals surface area contributed by atoms with Gasteiger partial charge in [-0.25, -0.2) is 13.6 Å². The molecule has 1 aromatic heterocycles. The van der Waals surface area contributed by atoms with Gasteiger partial charge in [-0.15, -0.1) is 0 Å². The number of aliphatic hydroxyl groups is 1. The van der Waals surface area contributed by atoms with Gasteiger partial charge in [-0.05, 0) is 13.3 Å². The van der Waals surface area contributed by atoms with E-state index in [2.05, 4.69) is 5.16 Å². The molecule has 3 N–H and O–H groups in total. The topological polar surface area (TPSA) is 127 Å². The maximum atomic E-state index is 12.0. The minimum atomic E-state index is -3.54. The molecule has 22 heavy (non-hydrogen) atoms. The second kappa shape index (κ2) is 6.76. The number of carbonyl (C=O) groups is 1. The molecule has 1 aliphatic rings. The molecule has 1 fully saturated rings. The van der Waals surface area contributed by atoms with Gasteiger partial charge in [0.25, 0.3) is 0 Å². The average molecular weight is 331 g/mol. The van der Waals surface area contributed by atoms with Crippen LogP contribution in [0.1, 0.15) is 24.3 Å². The van der Waals surface area contributed by atoms with Crippen molar-refractivity contribution in [3.05, 3.63) is 17.5 Å². The number of aryl methyl sites for hydroxylation is 1. The molecule has 0 saturated carbocycles. The van der Waals surface area contributed by atoms with E-state index >= 15 is 0 Å². The molecule has 0 aromatic carbocycles. The van der Waals surface area contributed by atoms with Crippen LogP contribution in [0.4, 0.5) is 0 Å². The molecule has 1 aromatic rings. The van der Waals surface area contributed by atoms with E-state index in [4.69, 9.17) is 9.66 Å². The summed E-state index contributed by atoms with van der Waals surface area (Å²) in [5.74, 6) is 0.203. The van der Waals surface area contributed by atoms with Crippen LogP contribution in [0, 0.1) is 12.8 Å². The molecule has 1 aliphatic heterocycles. The number of nitrogens with zero attached hydrogens (tertiary/aromatic N) is 2. The Morgan fingerprint density at radius 3 is 2.86 bits per heavy atom. The SMILES string of the molecule is Cc1cc(C[C@@H]2CN(C(=O)CCCS(N)(=O)=O)C[C@H]2O)on1. The molecule has 0 radical (unpaired) electrons. The van der Waals surface area contributed by atoms with Crippen LogP contribution < -0.4 is 5.14 Å². The number of aliphatic hydroxyl groups excluding tert-OH is 1. The fourth-order valence-electron chi connectivity index (χ4n) is 2.61. The Kier molecular flexibility index (Phi) is 5.20. The molecular weight excluding hydrogens is 310 g/mol. The smallest absolute Gasteiger partial charge is 0.222 e. The summed E-state index contributed by atoms with van der Waals surface area (Å²) in [6, 6.07) is 1.81. The molecule has 2 heterocycles. The number of hydrogen-bond acceptors (Lipinski definition) is 6. The summed E-state index contributed by atoms with van der Waals surface area (Å²) in [5.41, 5.74) is 0.776. The molecule has 9 heteroatoms. The van der Waals surface area contributed by atoms with Crippen LogP contribution in [0.3, 0.4) is 0 Å². The number of rotatable bonds is 6. The number of hydrogen-bond donors (Lipinski definition) is 2. The predicted molar refractivity (Wildman–Crippen MR) is 78.2 cm³/mol. The first-order valence-electron chi connectivity index (χ1n) is 7.13. The van der Waals surface area contributed by atoms with E-state index < -0.39 is 16.1 Å². The van der Waals surface area contributed by atoms with E-state index in [0.717, 1.165) is 5.69 Å². The molecule has 1 saturated heterocycles. The summed E-state index contributed by atoms with van der Waals surface area (Å²) in [5, 5.41) is 18.8. The standard InChI is InChI=1S/C13H21N3O5S/c1-9-5-11(21-15-9)6-10-7-16(8-12(10)17)13(18)3-2-4-22(14,19)20/h5,10,12,17H,2-4,6-8H2,1H3,(H2,14,19,20)/t10-,12-/m1/s1. The molecule has 0 bridgehead atoms. The van der Waals surface area contributed by atoms with Crippen LogP contribution >= 0.6 is 0 Å². The van der Waals surface area contributed by atoms with Gasteiger partial charge in [0.05, 0.1) is 17.6 Å². The zero-order valence-corrected chi connectivity index (χ0v) is 13.3. The average Bonchev–Trinajstić information content (AvgIpc) is 2.95. The van der Waals surface area contributed by atoms with Gasteiger partial charge in [0.1, 0.15) is 5.76 Å². The van der Waals surface area contributed by atoms with Crippen molar-refractivity contribution in [2.75, 3.05) is 18.8 Å². The molecule has 124 valence electrons. The maximum Gasteiger partial charge on any atom is 0.222 e.